The maximum atomic E-state index is 4.69. The summed E-state index contributed by atoms with van der Waals surface area (Å²) < 4.78 is 1.80. The van der Waals surface area contributed by atoms with Gasteiger partial charge in [-0.1, -0.05) is 19.9 Å². The summed E-state index contributed by atoms with van der Waals surface area (Å²) in [7, 11) is 1.95. The van der Waals surface area contributed by atoms with E-state index >= 15 is 0 Å². The molecular formula is C21H25N7. The van der Waals surface area contributed by atoms with E-state index in [-0.39, 0.29) is 12.0 Å². The molecule has 0 amide bonds. The van der Waals surface area contributed by atoms with Crippen LogP contribution < -0.4 is 5.32 Å². The number of nitrogens with zero attached hydrogens (tertiary/aromatic N) is 5. The molecule has 0 saturated carbocycles. The van der Waals surface area contributed by atoms with Gasteiger partial charge in [0.2, 0.25) is 0 Å². The van der Waals surface area contributed by atoms with Gasteiger partial charge < -0.3 is 5.32 Å². The van der Waals surface area contributed by atoms with Crippen molar-refractivity contribution in [2.24, 2.45) is 0 Å². The molecule has 4 aromatic heterocycles. The van der Waals surface area contributed by atoms with Crippen molar-refractivity contribution in [1.82, 2.24) is 35.1 Å². The number of aryl methyl sites for hydroxylation is 1. The molecule has 4 heterocycles. The minimum absolute atomic E-state index is 0.265. The van der Waals surface area contributed by atoms with E-state index in [1.165, 1.54) is 0 Å². The first kappa shape index (κ1) is 18.3. The van der Waals surface area contributed by atoms with Crippen LogP contribution in [0.4, 0.5) is 0 Å². The predicted molar refractivity (Wildman–Crippen MR) is 110 cm³/mol. The first-order valence-electron chi connectivity index (χ1n) is 9.51. The summed E-state index contributed by atoms with van der Waals surface area (Å²) >= 11 is 0. The van der Waals surface area contributed by atoms with Crippen LogP contribution in [0.25, 0.3) is 28.3 Å². The van der Waals surface area contributed by atoms with Crippen molar-refractivity contribution >= 4 is 5.65 Å². The minimum Gasteiger partial charge on any atom is -0.313 e. The third-order valence-electron chi connectivity index (χ3n) is 5.19. The van der Waals surface area contributed by atoms with E-state index in [0.717, 1.165) is 45.0 Å². The fourth-order valence-electron chi connectivity index (χ4n) is 3.53. The van der Waals surface area contributed by atoms with Gasteiger partial charge in [-0.05, 0) is 50.1 Å². The highest BCUT2D eigenvalue weighted by atomic mass is 15.3. The number of fused-ring (bicyclic) bond motifs is 1. The van der Waals surface area contributed by atoms with E-state index in [0.29, 0.717) is 0 Å². The van der Waals surface area contributed by atoms with Gasteiger partial charge in [0.1, 0.15) is 6.33 Å². The van der Waals surface area contributed by atoms with Crippen molar-refractivity contribution in [3.63, 3.8) is 0 Å². The molecule has 0 fully saturated rings. The Morgan fingerprint density at radius 2 is 1.96 bits per heavy atom. The highest BCUT2D eigenvalue weighted by Gasteiger charge is 2.21. The fourth-order valence-corrected chi connectivity index (χ4v) is 3.53. The number of aromatic nitrogens is 6. The molecule has 0 aliphatic carbocycles. The van der Waals surface area contributed by atoms with E-state index in [9.17, 15) is 0 Å². The molecule has 0 aliphatic rings. The van der Waals surface area contributed by atoms with Crippen molar-refractivity contribution < 1.29 is 0 Å². The normalized spacial score (nSPS) is 12.8. The lowest BCUT2D eigenvalue weighted by Gasteiger charge is -2.12. The number of hydrogen-bond acceptors (Lipinski definition) is 5. The molecule has 7 nitrogen and oxygen atoms in total. The van der Waals surface area contributed by atoms with Crippen molar-refractivity contribution in [2.45, 2.75) is 39.7 Å². The van der Waals surface area contributed by atoms with Crippen LogP contribution in [0.3, 0.4) is 0 Å². The average Bonchev–Trinajstić information content (AvgIpc) is 3.34. The Hall–Kier alpha value is -3.06. The number of aromatic amines is 1. The summed E-state index contributed by atoms with van der Waals surface area (Å²) in [5.74, 6) is 0.285. The van der Waals surface area contributed by atoms with Gasteiger partial charge in [0.25, 0.3) is 0 Å². The van der Waals surface area contributed by atoms with Crippen LogP contribution in [0, 0.1) is 6.92 Å². The predicted octanol–water partition coefficient (Wildman–Crippen LogP) is 3.89. The van der Waals surface area contributed by atoms with Crippen LogP contribution in [0.15, 0.2) is 36.9 Å². The number of hydrogen-bond donors (Lipinski definition) is 2. The largest absolute Gasteiger partial charge is 0.313 e. The second-order valence-electron chi connectivity index (χ2n) is 7.44. The summed E-state index contributed by atoms with van der Waals surface area (Å²) in [6.07, 6.45) is 5.47. The Morgan fingerprint density at radius 3 is 2.64 bits per heavy atom. The Balaban J connectivity index is 1.81. The quantitative estimate of drug-likeness (QED) is 0.553. The molecule has 7 heteroatoms. The first-order valence-corrected chi connectivity index (χ1v) is 9.51. The summed E-state index contributed by atoms with van der Waals surface area (Å²) in [5.41, 5.74) is 8.05. The maximum Gasteiger partial charge on any atom is 0.158 e. The van der Waals surface area contributed by atoms with E-state index in [4.69, 9.17) is 0 Å². The van der Waals surface area contributed by atoms with Crippen LogP contribution in [-0.2, 0) is 0 Å². The molecule has 0 bridgehead atoms. The molecule has 0 aromatic carbocycles. The summed E-state index contributed by atoms with van der Waals surface area (Å²) in [4.78, 5) is 8.99. The molecule has 0 aliphatic heterocycles. The molecule has 144 valence electrons. The Kier molecular flexibility index (Phi) is 4.68. The van der Waals surface area contributed by atoms with Crippen LogP contribution in [0.5, 0.6) is 0 Å². The molecule has 1 unspecified atom stereocenters. The Bertz CT molecular complexity index is 1110. The van der Waals surface area contributed by atoms with E-state index in [1.54, 1.807) is 10.8 Å². The second kappa shape index (κ2) is 7.16. The van der Waals surface area contributed by atoms with Gasteiger partial charge in [-0.15, -0.1) is 0 Å². The van der Waals surface area contributed by atoms with E-state index in [2.05, 4.69) is 69.6 Å². The second-order valence-corrected chi connectivity index (χ2v) is 7.44. The lowest BCUT2D eigenvalue weighted by Crippen LogP contribution is -2.12. The van der Waals surface area contributed by atoms with Crippen LogP contribution in [0.2, 0.25) is 0 Å². The van der Waals surface area contributed by atoms with Gasteiger partial charge in [0.15, 0.2) is 5.65 Å². The van der Waals surface area contributed by atoms with Crippen molar-refractivity contribution in [2.75, 3.05) is 7.05 Å². The fraction of sp³-hybridized carbons (Fsp3) is 0.333. The standard InChI is InChI=1S/C21H25N7/c1-12(2)18-19(16-8-13(3)21-24-11-25-28(21)10-16)26-27-20(18)17-7-6-15(9-23-17)14(4)22-5/h6-12,14,22H,1-5H3,(H,26,27). The van der Waals surface area contributed by atoms with Gasteiger partial charge >= 0.3 is 0 Å². The summed E-state index contributed by atoms with van der Waals surface area (Å²) in [6, 6.07) is 6.54. The highest BCUT2D eigenvalue weighted by molar-refractivity contribution is 5.74. The summed E-state index contributed by atoms with van der Waals surface area (Å²) in [6.45, 7) is 8.51. The topological polar surface area (TPSA) is 83.8 Å². The van der Waals surface area contributed by atoms with Gasteiger partial charge in [-0.25, -0.2) is 9.50 Å². The van der Waals surface area contributed by atoms with E-state index in [1.807, 2.05) is 26.4 Å². The monoisotopic (exact) mass is 375 g/mol. The van der Waals surface area contributed by atoms with Gasteiger partial charge in [0.05, 0.1) is 17.1 Å². The highest BCUT2D eigenvalue weighted by Crippen LogP contribution is 2.35. The van der Waals surface area contributed by atoms with Gasteiger partial charge in [-0.2, -0.15) is 10.2 Å². The third-order valence-corrected chi connectivity index (χ3v) is 5.19. The molecule has 0 saturated heterocycles. The van der Waals surface area contributed by atoms with Crippen molar-refractivity contribution in [3.8, 4) is 22.6 Å². The lowest BCUT2D eigenvalue weighted by atomic mass is 9.95. The van der Waals surface area contributed by atoms with Crippen LogP contribution in [-0.4, -0.2) is 36.8 Å². The number of nitrogens with one attached hydrogen (secondary N) is 2. The molecular weight excluding hydrogens is 350 g/mol. The minimum atomic E-state index is 0.265. The number of rotatable bonds is 5. The molecule has 1 atom stereocenters. The zero-order chi connectivity index (χ0) is 19.8. The maximum absolute atomic E-state index is 4.69. The first-order chi connectivity index (χ1) is 13.5. The smallest absolute Gasteiger partial charge is 0.158 e. The zero-order valence-corrected chi connectivity index (χ0v) is 16.9. The summed E-state index contributed by atoms with van der Waals surface area (Å²) in [5, 5.41) is 15.4. The van der Waals surface area contributed by atoms with Gasteiger partial charge in [-0.3, -0.25) is 10.1 Å². The number of H-pyrrole nitrogens is 1. The van der Waals surface area contributed by atoms with Crippen molar-refractivity contribution in [1.29, 1.82) is 0 Å². The average molecular weight is 375 g/mol. The number of pyridine rings is 2. The molecule has 4 rings (SSSR count). The molecule has 4 aromatic rings. The molecule has 0 spiro atoms. The Morgan fingerprint density at radius 1 is 1.14 bits per heavy atom. The molecule has 28 heavy (non-hydrogen) atoms. The Labute approximate surface area is 164 Å². The van der Waals surface area contributed by atoms with Gasteiger partial charge in [0, 0.05) is 29.6 Å². The van der Waals surface area contributed by atoms with Crippen LogP contribution >= 0.6 is 0 Å². The van der Waals surface area contributed by atoms with Crippen LogP contribution in [0.1, 0.15) is 49.4 Å². The third kappa shape index (κ3) is 3.07. The van der Waals surface area contributed by atoms with Crippen molar-refractivity contribution in [3.05, 3.63) is 53.6 Å². The lowest BCUT2D eigenvalue weighted by molar-refractivity contribution is 0.650. The molecule has 2 N–H and O–H groups in total. The van der Waals surface area contributed by atoms with E-state index < -0.39 is 0 Å². The zero-order valence-electron chi connectivity index (χ0n) is 16.9. The molecule has 0 radical (unpaired) electrons. The SMILES string of the molecule is CNC(C)c1ccc(-c2[nH]nc(-c3cc(C)c4ncnn4c3)c2C(C)C)nc1.